The van der Waals surface area contributed by atoms with Crippen LogP contribution in [0, 0.1) is 5.82 Å². The zero-order valence-corrected chi connectivity index (χ0v) is 10.5. The predicted octanol–water partition coefficient (Wildman–Crippen LogP) is 2.55. The van der Waals surface area contributed by atoms with Gasteiger partial charge in [0.2, 0.25) is 0 Å². The number of nitrogens with zero attached hydrogens (tertiary/aromatic N) is 1. The molecule has 0 amide bonds. The SMILES string of the molecule is Nc1cc(F)c(NC2CCOCC2)c2ncccc12. The van der Waals surface area contributed by atoms with Crippen molar-refractivity contribution in [2.75, 3.05) is 24.3 Å². The number of benzene rings is 1. The molecule has 3 rings (SSSR count). The molecule has 0 aliphatic carbocycles. The Labute approximate surface area is 110 Å². The fraction of sp³-hybridized carbons (Fsp3) is 0.357. The molecule has 5 heteroatoms. The summed E-state index contributed by atoms with van der Waals surface area (Å²) < 4.78 is 19.4. The largest absolute Gasteiger partial charge is 0.398 e. The number of nitrogen functional groups attached to an aromatic ring is 1. The lowest BCUT2D eigenvalue weighted by Gasteiger charge is -2.25. The van der Waals surface area contributed by atoms with Gasteiger partial charge in [0.25, 0.3) is 0 Å². The maximum Gasteiger partial charge on any atom is 0.150 e. The highest BCUT2D eigenvalue weighted by Crippen LogP contribution is 2.30. The summed E-state index contributed by atoms with van der Waals surface area (Å²) in [6.45, 7) is 1.42. The Morgan fingerprint density at radius 1 is 1.37 bits per heavy atom. The van der Waals surface area contributed by atoms with E-state index in [2.05, 4.69) is 10.3 Å². The minimum Gasteiger partial charge on any atom is -0.398 e. The Balaban J connectivity index is 2.01. The molecular formula is C14H16FN3O. The number of anilines is 2. The smallest absolute Gasteiger partial charge is 0.150 e. The zero-order valence-electron chi connectivity index (χ0n) is 10.5. The predicted molar refractivity (Wildman–Crippen MR) is 73.6 cm³/mol. The van der Waals surface area contributed by atoms with Crippen molar-refractivity contribution in [3.8, 4) is 0 Å². The summed E-state index contributed by atoms with van der Waals surface area (Å²) >= 11 is 0. The fourth-order valence-corrected chi connectivity index (χ4v) is 2.42. The van der Waals surface area contributed by atoms with E-state index in [4.69, 9.17) is 10.5 Å². The van der Waals surface area contributed by atoms with Crippen LogP contribution < -0.4 is 11.1 Å². The lowest BCUT2D eigenvalue weighted by Crippen LogP contribution is -2.28. The molecule has 3 N–H and O–H groups in total. The molecule has 2 aromatic rings. The van der Waals surface area contributed by atoms with Crippen LogP contribution in [0.5, 0.6) is 0 Å². The first-order valence-electron chi connectivity index (χ1n) is 6.42. The van der Waals surface area contributed by atoms with Gasteiger partial charge >= 0.3 is 0 Å². The molecule has 0 bridgehead atoms. The highest BCUT2D eigenvalue weighted by atomic mass is 19.1. The van der Waals surface area contributed by atoms with Gasteiger partial charge in [-0.3, -0.25) is 4.98 Å². The van der Waals surface area contributed by atoms with Gasteiger partial charge in [-0.05, 0) is 31.0 Å². The molecule has 1 aromatic heterocycles. The number of fused-ring (bicyclic) bond motifs is 1. The van der Waals surface area contributed by atoms with E-state index >= 15 is 0 Å². The van der Waals surface area contributed by atoms with E-state index in [1.807, 2.05) is 6.07 Å². The van der Waals surface area contributed by atoms with Gasteiger partial charge < -0.3 is 15.8 Å². The van der Waals surface area contributed by atoms with E-state index < -0.39 is 0 Å². The normalized spacial score (nSPS) is 16.7. The van der Waals surface area contributed by atoms with Crippen LogP contribution in [-0.4, -0.2) is 24.2 Å². The topological polar surface area (TPSA) is 60.2 Å². The van der Waals surface area contributed by atoms with Gasteiger partial charge in [0.1, 0.15) is 0 Å². The maximum absolute atomic E-state index is 14.1. The number of hydrogen-bond acceptors (Lipinski definition) is 4. The molecule has 19 heavy (non-hydrogen) atoms. The quantitative estimate of drug-likeness (QED) is 0.816. The second kappa shape index (κ2) is 5.01. The van der Waals surface area contributed by atoms with Crippen molar-refractivity contribution >= 4 is 22.3 Å². The number of rotatable bonds is 2. The Bertz CT molecular complexity index is 597. The van der Waals surface area contributed by atoms with E-state index in [9.17, 15) is 4.39 Å². The van der Waals surface area contributed by atoms with Crippen molar-refractivity contribution in [2.24, 2.45) is 0 Å². The molecule has 0 unspecified atom stereocenters. The van der Waals surface area contributed by atoms with Gasteiger partial charge in [0.15, 0.2) is 5.82 Å². The van der Waals surface area contributed by atoms with E-state index in [0.717, 1.165) is 18.2 Å². The summed E-state index contributed by atoms with van der Waals surface area (Å²) in [4.78, 5) is 4.25. The Kier molecular flexibility index (Phi) is 3.21. The van der Waals surface area contributed by atoms with Crippen molar-refractivity contribution in [3.63, 3.8) is 0 Å². The molecule has 1 aromatic carbocycles. The first kappa shape index (κ1) is 12.2. The first-order chi connectivity index (χ1) is 9.25. The number of aromatic nitrogens is 1. The number of ether oxygens (including phenoxy) is 1. The summed E-state index contributed by atoms with van der Waals surface area (Å²) in [7, 11) is 0. The van der Waals surface area contributed by atoms with Gasteiger partial charge in [0.05, 0.1) is 11.2 Å². The van der Waals surface area contributed by atoms with Gasteiger partial charge in [-0.15, -0.1) is 0 Å². The van der Waals surface area contributed by atoms with Crippen molar-refractivity contribution in [2.45, 2.75) is 18.9 Å². The number of pyridine rings is 1. The summed E-state index contributed by atoms with van der Waals surface area (Å²) in [6, 6.07) is 5.23. The number of hydrogen-bond donors (Lipinski definition) is 2. The van der Waals surface area contributed by atoms with Crippen LogP contribution in [0.3, 0.4) is 0 Å². The second-order valence-corrected chi connectivity index (χ2v) is 4.75. The molecular weight excluding hydrogens is 245 g/mol. The Hall–Kier alpha value is -1.88. The molecule has 0 spiro atoms. The highest BCUT2D eigenvalue weighted by molar-refractivity contribution is 5.98. The maximum atomic E-state index is 14.1. The standard InChI is InChI=1S/C14H16FN3O/c15-11-8-12(16)10-2-1-5-17-13(10)14(11)18-9-3-6-19-7-4-9/h1-2,5,8-9,18H,3-4,6-7,16H2. The summed E-state index contributed by atoms with van der Waals surface area (Å²) in [5.74, 6) is -0.352. The van der Waals surface area contributed by atoms with Crippen LogP contribution in [0.2, 0.25) is 0 Å². The van der Waals surface area contributed by atoms with Crippen LogP contribution >= 0.6 is 0 Å². The van der Waals surface area contributed by atoms with Crippen molar-refractivity contribution in [3.05, 3.63) is 30.2 Å². The average Bonchev–Trinajstić information content (AvgIpc) is 2.45. The molecule has 0 radical (unpaired) electrons. The second-order valence-electron chi connectivity index (χ2n) is 4.75. The van der Waals surface area contributed by atoms with E-state index in [0.29, 0.717) is 30.1 Å². The molecule has 4 nitrogen and oxygen atoms in total. The molecule has 0 atom stereocenters. The third-order valence-electron chi connectivity index (χ3n) is 3.45. The minimum absolute atomic E-state index is 0.220. The Morgan fingerprint density at radius 3 is 2.95 bits per heavy atom. The highest BCUT2D eigenvalue weighted by Gasteiger charge is 2.18. The molecule has 0 saturated carbocycles. The molecule has 1 saturated heterocycles. The van der Waals surface area contributed by atoms with E-state index in [1.54, 1.807) is 12.3 Å². The molecule has 2 heterocycles. The van der Waals surface area contributed by atoms with Crippen LogP contribution in [0.1, 0.15) is 12.8 Å². The van der Waals surface area contributed by atoms with Crippen LogP contribution in [-0.2, 0) is 4.74 Å². The third kappa shape index (κ3) is 2.33. The van der Waals surface area contributed by atoms with Crippen molar-refractivity contribution < 1.29 is 9.13 Å². The van der Waals surface area contributed by atoms with E-state index in [1.165, 1.54) is 6.07 Å². The van der Waals surface area contributed by atoms with Crippen molar-refractivity contribution in [1.82, 2.24) is 4.98 Å². The molecule has 1 aliphatic heterocycles. The lowest BCUT2D eigenvalue weighted by molar-refractivity contribution is 0.0904. The number of halogens is 1. The lowest BCUT2D eigenvalue weighted by atomic mass is 10.1. The molecule has 1 fully saturated rings. The zero-order chi connectivity index (χ0) is 13.2. The monoisotopic (exact) mass is 261 g/mol. The first-order valence-corrected chi connectivity index (χ1v) is 6.42. The summed E-state index contributed by atoms with van der Waals surface area (Å²) in [6.07, 6.45) is 3.40. The summed E-state index contributed by atoms with van der Waals surface area (Å²) in [5, 5.41) is 4.02. The fourth-order valence-electron chi connectivity index (χ4n) is 2.42. The van der Waals surface area contributed by atoms with Crippen LogP contribution in [0.4, 0.5) is 15.8 Å². The van der Waals surface area contributed by atoms with Crippen molar-refractivity contribution in [1.29, 1.82) is 0 Å². The van der Waals surface area contributed by atoms with Gasteiger partial charge in [-0.25, -0.2) is 4.39 Å². The minimum atomic E-state index is -0.352. The van der Waals surface area contributed by atoms with Gasteiger partial charge in [0, 0.05) is 36.5 Å². The van der Waals surface area contributed by atoms with Gasteiger partial charge in [-0.1, -0.05) is 0 Å². The Morgan fingerprint density at radius 2 is 2.16 bits per heavy atom. The van der Waals surface area contributed by atoms with Gasteiger partial charge in [-0.2, -0.15) is 0 Å². The summed E-state index contributed by atoms with van der Waals surface area (Å²) in [5.41, 5.74) is 7.28. The number of nitrogens with one attached hydrogen (secondary N) is 1. The average molecular weight is 261 g/mol. The van der Waals surface area contributed by atoms with Crippen LogP contribution in [0.15, 0.2) is 24.4 Å². The molecule has 100 valence electrons. The molecule has 1 aliphatic rings. The third-order valence-corrected chi connectivity index (χ3v) is 3.45. The van der Waals surface area contributed by atoms with Crippen LogP contribution in [0.25, 0.3) is 10.9 Å². The van der Waals surface area contributed by atoms with E-state index in [-0.39, 0.29) is 11.9 Å². The number of nitrogens with two attached hydrogens (primary N) is 1.